The summed E-state index contributed by atoms with van der Waals surface area (Å²) in [7, 11) is 0. The van der Waals surface area contributed by atoms with Gasteiger partial charge < -0.3 is 10.1 Å². The second-order valence-corrected chi connectivity index (χ2v) is 9.40. The van der Waals surface area contributed by atoms with Crippen LogP contribution in [0, 0.1) is 0 Å². The molecule has 0 unspecified atom stereocenters. The quantitative estimate of drug-likeness (QED) is 0.358. The van der Waals surface area contributed by atoms with Crippen molar-refractivity contribution in [1.82, 2.24) is 5.32 Å². The summed E-state index contributed by atoms with van der Waals surface area (Å²) in [6.45, 7) is 0.371. The van der Waals surface area contributed by atoms with Crippen LogP contribution in [0.5, 0.6) is 0 Å². The van der Waals surface area contributed by atoms with Gasteiger partial charge in [-0.3, -0.25) is 9.59 Å². The van der Waals surface area contributed by atoms with E-state index in [0.29, 0.717) is 6.54 Å². The molecule has 1 aliphatic carbocycles. The highest BCUT2D eigenvalue weighted by Gasteiger charge is 2.12. The van der Waals surface area contributed by atoms with E-state index in [1.54, 1.807) is 23.1 Å². The summed E-state index contributed by atoms with van der Waals surface area (Å²) in [5.41, 5.74) is 2.82. The number of rotatable bonds is 10. The lowest BCUT2D eigenvalue weighted by molar-refractivity contribution is -0.145. The first-order valence-corrected chi connectivity index (χ1v) is 12.0. The Morgan fingerprint density at radius 3 is 2.93 bits per heavy atom. The van der Waals surface area contributed by atoms with Gasteiger partial charge >= 0.3 is 5.97 Å². The van der Waals surface area contributed by atoms with Crippen molar-refractivity contribution in [2.24, 2.45) is 0 Å². The van der Waals surface area contributed by atoms with Gasteiger partial charge in [-0.25, -0.2) is 0 Å². The molecule has 4 nitrogen and oxygen atoms in total. The molecule has 1 aromatic heterocycles. The van der Waals surface area contributed by atoms with E-state index >= 15 is 0 Å². The van der Waals surface area contributed by atoms with E-state index < -0.39 is 0 Å². The highest BCUT2D eigenvalue weighted by Crippen LogP contribution is 2.27. The van der Waals surface area contributed by atoms with Crippen LogP contribution in [-0.4, -0.2) is 36.5 Å². The number of hydrogen-bond donors (Lipinski definition) is 1. The fourth-order valence-electron chi connectivity index (χ4n) is 2.85. The second-order valence-electron chi connectivity index (χ2n) is 6.22. The van der Waals surface area contributed by atoms with Crippen LogP contribution < -0.4 is 5.32 Å². The van der Waals surface area contributed by atoms with Crippen molar-refractivity contribution in [3.05, 3.63) is 51.7 Å². The van der Waals surface area contributed by atoms with Gasteiger partial charge in [0.1, 0.15) is 0 Å². The normalized spacial score (nSPS) is 12.6. The maximum Gasteiger partial charge on any atom is 0.316 e. The Bertz CT molecular complexity index is 762. The lowest BCUT2D eigenvalue weighted by atomic mass is 10.1. The number of hydrogen-bond acceptors (Lipinski definition) is 6. The van der Waals surface area contributed by atoms with Crippen LogP contribution in [0.15, 0.2) is 40.6 Å². The average Bonchev–Trinajstić information content (AvgIpc) is 3.35. The first kappa shape index (κ1) is 20.3. The van der Waals surface area contributed by atoms with Crippen LogP contribution in [0.25, 0.3) is 0 Å². The molecule has 1 heterocycles. The molecule has 0 fully saturated rings. The van der Waals surface area contributed by atoms with Crippen molar-refractivity contribution in [2.75, 3.05) is 24.7 Å². The molecule has 1 amide bonds. The van der Waals surface area contributed by atoms with E-state index in [2.05, 4.69) is 35.0 Å². The average molecular weight is 422 g/mol. The summed E-state index contributed by atoms with van der Waals surface area (Å²) in [6, 6.07) is 10.5. The van der Waals surface area contributed by atoms with Gasteiger partial charge in [0.25, 0.3) is 5.91 Å². The molecule has 3 rings (SSSR count). The molecule has 2 aromatic rings. The molecular weight excluding hydrogens is 398 g/mol. The third kappa shape index (κ3) is 6.90. The number of aryl methyl sites for hydroxylation is 2. The summed E-state index contributed by atoms with van der Waals surface area (Å²) in [5, 5.41) is 4.84. The van der Waals surface area contributed by atoms with Crippen molar-refractivity contribution in [2.45, 2.75) is 29.9 Å². The van der Waals surface area contributed by atoms with Crippen LogP contribution in [0.4, 0.5) is 0 Å². The van der Waals surface area contributed by atoms with E-state index in [0.717, 1.165) is 29.2 Å². The van der Waals surface area contributed by atoms with Gasteiger partial charge in [0.15, 0.2) is 6.61 Å². The Kier molecular flexibility index (Phi) is 8.10. The molecule has 1 N–H and O–H groups in total. The minimum atomic E-state index is -0.359. The molecule has 1 aliphatic rings. The van der Waals surface area contributed by atoms with Crippen molar-refractivity contribution in [1.29, 1.82) is 0 Å². The Hall–Kier alpha value is -1.44. The SMILES string of the molecule is O=C(COC(=O)CSc1ccc2c(c1)CCC2)NCCSCc1cccs1. The molecule has 0 saturated heterocycles. The summed E-state index contributed by atoms with van der Waals surface area (Å²) in [4.78, 5) is 26.0. The van der Waals surface area contributed by atoms with E-state index in [4.69, 9.17) is 4.74 Å². The number of ether oxygens (including phenoxy) is 1. The van der Waals surface area contributed by atoms with Gasteiger partial charge in [-0.1, -0.05) is 12.1 Å². The van der Waals surface area contributed by atoms with E-state index in [1.165, 1.54) is 34.2 Å². The molecule has 27 heavy (non-hydrogen) atoms. The lowest BCUT2D eigenvalue weighted by Crippen LogP contribution is -2.30. The fraction of sp³-hybridized carbons (Fsp3) is 0.400. The number of thiophene rings is 1. The monoisotopic (exact) mass is 421 g/mol. The second kappa shape index (κ2) is 10.8. The number of esters is 1. The first-order valence-electron chi connectivity index (χ1n) is 8.98. The van der Waals surface area contributed by atoms with Gasteiger partial charge in [-0.15, -0.1) is 23.1 Å². The third-order valence-corrected chi connectivity index (χ3v) is 7.22. The molecular formula is C20H23NO3S3. The Morgan fingerprint density at radius 1 is 1.19 bits per heavy atom. The van der Waals surface area contributed by atoms with Crippen molar-refractivity contribution >= 4 is 46.7 Å². The fourth-order valence-corrected chi connectivity index (χ4v) is 5.31. The van der Waals surface area contributed by atoms with Gasteiger partial charge in [0.2, 0.25) is 0 Å². The molecule has 144 valence electrons. The zero-order chi connectivity index (χ0) is 18.9. The van der Waals surface area contributed by atoms with E-state index in [-0.39, 0.29) is 24.2 Å². The largest absolute Gasteiger partial charge is 0.455 e. The van der Waals surface area contributed by atoms with E-state index in [1.807, 2.05) is 6.07 Å². The van der Waals surface area contributed by atoms with Gasteiger partial charge in [0.05, 0.1) is 5.75 Å². The Labute approximate surface area is 172 Å². The number of fused-ring (bicyclic) bond motifs is 1. The topological polar surface area (TPSA) is 55.4 Å². The van der Waals surface area contributed by atoms with E-state index in [9.17, 15) is 9.59 Å². The van der Waals surface area contributed by atoms with Crippen LogP contribution in [-0.2, 0) is 32.9 Å². The summed E-state index contributed by atoms with van der Waals surface area (Å²) >= 11 is 4.98. The molecule has 7 heteroatoms. The maximum absolute atomic E-state index is 11.8. The summed E-state index contributed by atoms with van der Waals surface area (Å²) in [5.74, 6) is 1.42. The minimum absolute atomic E-state index is 0.209. The van der Waals surface area contributed by atoms with Crippen molar-refractivity contribution < 1.29 is 14.3 Å². The highest BCUT2D eigenvalue weighted by molar-refractivity contribution is 8.00. The standard InChI is InChI=1S/C20H23NO3S3/c22-19(21-8-10-25-13-18-5-2-9-26-18)12-24-20(23)14-27-17-7-6-15-3-1-4-16(15)11-17/h2,5-7,9,11H,1,3-4,8,10,12-14H2,(H,21,22). The van der Waals surface area contributed by atoms with Crippen LogP contribution in [0.3, 0.4) is 0 Å². The summed E-state index contributed by atoms with van der Waals surface area (Å²) < 4.78 is 5.06. The van der Waals surface area contributed by atoms with Gasteiger partial charge in [0, 0.05) is 27.8 Å². The van der Waals surface area contributed by atoms with Gasteiger partial charge in [-0.2, -0.15) is 11.8 Å². The Morgan fingerprint density at radius 2 is 2.07 bits per heavy atom. The number of benzene rings is 1. The first-order chi connectivity index (χ1) is 13.2. The number of carbonyl (C=O) groups excluding carboxylic acids is 2. The number of carbonyl (C=O) groups is 2. The maximum atomic E-state index is 11.8. The molecule has 0 bridgehead atoms. The van der Waals surface area contributed by atoms with Crippen molar-refractivity contribution in [3.8, 4) is 0 Å². The summed E-state index contributed by atoms with van der Waals surface area (Å²) in [6.07, 6.45) is 3.50. The van der Waals surface area contributed by atoms with Crippen molar-refractivity contribution in [3.63, 3.8) is 0 Å². The Balaban J connectivity index is 1.24. The molecule has 0 atom stereocenters. The zero-order valence-corrected chi connectivity index (χ0v) is 17.5. The van der Waals surface area contributed by atoms with Gasteiger partial charge in [-0.05, 0) is 54.0 Å². The number of nitrogens with one attached hydrogen (secondary N) is 1. The smallest absolute Gasteiger partial charge is 0.316 e. The third-order valence-electron chi connectivity index (χ3n) is 4.18. The highest BCUT2D eigenvalue weighted by atomic mass is 32.2. The number of thioether (sulfide) groups is 2. The molecule has 0 radical (unpaired) electrons. The molecule has 0 aliphatic heterocycles. The minimum Gasteiger partial charge on any atom is -0.455 e. The predicted octanol–water partition coefficient (Wildman–Crippen LogP) is 3.92. The lowest BCUT2D eigenvalue weighted by Gasteiger charge is -2.07. The zero-order valence-electron chi connectivity index (χ0n) is 15.1. The number of amides is 1. The predicted molar refractivity (Wildman–Crippen MR) is 114 cm³/mol. The van der Waals surface area contributed by atoms with Crippen LogP contribution in [0.1, 0.15) is 22.4 Å². The molecule has 1 aromatic carbocycles. The molecule has 0 saturated carbocycles. The van der Waals surface area contributed by atoms with Crippen LogP contribution >= 0.6 is 34.9 Å². The van der Waals surface area contributed by atoms with Crippen LogP contribution in [0.2, 0.25) is 0 Å². The molecule has 0 spiro atoms.